The molecule has 48 heavy (non-hydrogen) atoms. The van der Waals surface area contributed by atoms with Crippen molar-refractivity contribution in [3.8, 4) is 50.6 Å². The molecule has 2 bridgehead atoms. The second-order valence-corrected chi connectivity index (χ2v) is 16.4. The van der Waals surface area contributed by atoms with Crippen LogP contribution in [0.1, 0.15) is 0 Å². The molecule has 10 rings (SSSR count). The molecule has 4 nitrogen and oxygen atoms in total. The van der Waals surface area contributed by atoms with Gasteiger partial charge in [-0.2, -0.15) is 0 Å². The van der Waals surface area contributed by atoms with Crippen LogP contribution < -0.4 is 34.0 Å². The zero-order valence-corrected chi connectivity index (χ0v) is 27.5. The lowest BCUT2D eigenvalue weighted by Crippen LogP contribution is -2.81. The van der Waals surface area contributed by atoms with Crippen LogP contribution in [0.4, 0.5) is 0 Å². The molecule has 6 aromatic carbocycles. The first kappa shape index (κ1) is 28.4. The lowest BCUT2D eigenvalue weighted by molar-refractivity contribution is -0.584. The standard InChI is InChI=1S/C42H32BNO3Si/c1-48-37-26-14-23-34(31-17-6-2-7-18-31)40(37)45-43(44-29-12-5-13-30-44,46-41-35(24-15-27-38(41)48)32-19-8-3-9-20-32)47-42-36(25-16-28-39(42)48)33-21-10-4-11-22-33/h2-30H,1H3. The van der Waals surface area contributed by atoms with Gasteiger partial charge in [0.05, 0.1) is 17.2 Å². The Morgan fingerprint density at radius 3 is 1.08 bits per heavy atom. The zero-order valence-electron chi connectivity index (χ0n) is 26.5. The van der Waals surface area contributed by atoms with Crippen molar-refractivity contribution < 1.29 is 18.4 Å². The van der Waals surface area contributed by atoms with E-state index < -0.39 is 15.0 Å². The fourth-order valence-corrected chi connectivity index (χ4v) is 11.6. The summed E-state index contributed by atoms with van der Waals surface area (Å²) in [6.07, 6.45) is 3.94. The van der Waals surface area contributed by atoms with Gasteiger partial charge in [-0.05, 0) is 44.4 Å². The number of aromatic nitrogens is 1. The van der Waals surface area contributed by atoms with Crippen molar-refractivity contribution in [3.63, 3.8) is 0 Å². The molecule has 4 heterocycles. The van der Waals surface area contributed by atoms with Gasteiger partial charge in [-0.1, -0.05) is 158 Å². The van der Waals surface area contributed by atoms with Crippen LogP contribution >= 0.6 is 0 Å². The van der Waals surface area contributed by atoms with Crippen LogP contribution in [0.3, 0.4) is 0 Å². The predicted octanol–water partition coefficient (Wildman–Crippen LogP) is 7.22. The molecule has 0 fully saturated rings. The van der Waals surface area contributed by atoms with Gasteiger partial charge >= 0.3 is 6.89 Å². The van der Waals surface area contributed by atoms with Crippen molar-refractivity contribution in [1.29, 1.82) is 0 Å². The topological polar surface area (TPSA) is 31.6 Å². The van der Waals surface area contributed by atoms with Crippen molar-refractivity contribution in [3.05, 3.63) is 176 Å². The van der Waals surface area contributed by atoms with Crippen LogP contribution in [-0.4, -0.2) is 15.0 Å². The molecule has 0 saturated heterocycles. The number of hydrogen-bond donors (Lipinski definition) is 0. The largest absolute Gasteiger partial charge is 0.878 e. The number of para-hydroxylation sites is 3. The van der Waals surface area contributed by atoms with Gasteiger partial charge in [0.25, 0.3) is 0 Å². The molecule has 0 radical (unpaired) electrons. The number of nitrogens with zero attached hydrogens (tertiary/aromatic N) is 1. The van der Waals surface area contributed by atoms with Gasteiger partial charge in [0.15, 0.2) is 8.07 Å². The summed E-state index contributed by atoms with van der Waals surface area (Å²) < 4.78 is 24.3. The number of benzene rings is 6. The summed E-state index contributed by atoms with van der Waals surface area (Å²) in [4.78, 5) is 0. The first-order valence-corrected chi connectivity index (χ1v) is 18.9. The highest BCUT2D eigenvalue weighted by Gasteiger charge is 2.60. The van der Waals surface area contributed by atoms with Gasteiger partial charge in [0.2, 0.25) is 0 Å². The highest BCUT2D eigenvalue weighted by molar-refractivity contribution is 7.12. The first-order valence-electron chi connectivity index (χ1n) is 16.4. The summed E-state index contributed by atoms with van der Waals surface area (Å²) >= 11 is 0. The smallest absolute Gasteiger partial charge is 0.582 e. The van der Waals surface area contributed by atoms with E-state index in [0.29, 0.717) is 0 Å². The summed E-state index contributed by atoms with van der Waals surface area (Å²) in [6.45, 7) is -0.324. The molecular formula is C42H32BNO3Si. The quantitative estimate of drug-likeness (QED) is 0.191. The number of hydrogen-bond acceptors (Lipinski definition) is 3. The monoisotopic (exact) mass is 637 g/mol. The summed E-state index contributed by atoms with van der Waals surface area (Å²) in [7, 11) is -2.94. The molecule has 3 aliphatic heterocycles. The van der Waals surface area contributed by atoms with Crippen molar-refractivity contribution in [2.24, 2.45) is 0 Å². The van der Waals surface area contributed by atoms with E-state index in [0.717, 1.165) is 50.6 Å². The van der Waals surface area contributed by atoms with Crippen molar-refractivity contribution in [2.75, 3.05) is 0 Å². The Labute approximate surface area is 281 Å². The fourth-order valence-electron chi connectivity index (χ4n) is 7.47. The van der Waals surface area contributed by atoms with Crippen molar-refractivity contribution in [1.82, 2.24) is 0 Å². The van der Waals surface area contributed by atoms with E-state index in [2.05, 4.69) is 134 Å². The Balaban J connectivity index is 1.47. The minimum Gasteiger partial charge on any atom is -0.582 e. The van der Waals surface area contributed by atoms with Gasteiger partial charge in [-0.3, -0.25) is 0 Å². The minimum atomic E-state index is -2.94. The molecular weight excluding hydrogens is 605 g/mol. The van der Waals surface area contributed by atoms with E-state index in [1.54, 1.807) is 0 Å². The average molecular weight is 638 g/mol. The Kier molecular flexibility index (Phi) is 6.59. The molecule has 230 valence electrons. The van der Waals surface area contributed by atoms with Crippen LogP contribution in [-0.2, 0) is 0 Å². The average Bonchev–Trinajstić information content (AvgIpc) is 3.15. The van der Waals surface area contributed by atoms with Crippen LogP contribution in [0.2, 0.25) is 6.55 Å². The minimum absolute atomic E-state index is 0.792. The van der Waals surface area contributed by atoms with Crippen LogP contribution in [0, 0.1) is 0 Å². The van der Waals surface area contributed by atoms with E-state index in [4.69, 9.17) is 14.0 Å². The Hall–Kier alpha value is -5.85. The van der Waals surface area contributed by atoms with Gasteiger partial charge in [0.1, 0.15) is 12.4 Å². The second kappa shape index (κ2) is 11.1. The molecule has 3 aliphatic rings. The number of pyridine rings is 1. The van der Waals surface area contributed by atoms with E-state index in [-0.39, 0.29) is 0 Å². The first-order chi connectivity index (χ1) is 23.7. The molecule has 0 unspecified atom stereocenters. The maximum absolute atomic E-state index is 7.44. The maximum Gasteiger partial charge on any atom is 0.878 e. The Morgan fingerprint density at radius 2 is 0.729 bits per heavy atom. The third-order valence-corrected chi connectivity index (χ3v) is 14.2. The van der Waals surface area contributed by atoms with Crippen molar-refractivity contribution in [2.45, 2.75) is 6.55 Å². The van der Waals surface area contributed by atoms with Gasteiger partial charge in [-0.15, -0.1) is 0 Å². The van der Waals surface area contributed by atoms with Gasteiger partial charge in [0, 0.05) is 16.7 Å². The van der Waals surface area contributed by atoms with Gasteiger partial charge < -0.3 is 18.4 Å². The summed E-state index contributed by atoms with van der Waals surface area (Å²) in [5.41, 5.74) is 6.25. The lowest BCUT2D eigenvalue weighted by Gasteiger charge is -2.47. The second-order valence-electron chi connectivity index (χ2n) is 12.6. The van der Waals surface area contributed by atoms with E-state index >= 15 is 0 Å². The maximum atomic E-state index is 7.44. The summed E-state index contributed by atoms with van der Waals surface area (Å²) in [5.74, 6) is 2.38. The van der Waals surface area contributed by atoms with Crippen LogP contribution in [0.15, 0.2) is 176 Å². The molecule has 0 saturated carbocycles. The van der Waals surface area contributed by atoms with E-state index in [1.165, 1.54) is 15.6 Å². The van der Waals surface area contributed by atoms with E-state index in [9.17, 15) is 0 Å². The third-order valence-electron chi connectivity index (χ3n) is 9.82. The van der Waals surface area contributed by atoms with Gasteiger partial charge in [-0.25, -0.2) is 0 Å². The Morgan fingerprint density at radius 1 is 0.396 bits per heavy atom. The normalized spacial score (nSPS) is 18.8. The van der Waals surface area contributed by atoms with Crippen LogP contribution in [0.5, 0.6) is 17.2 Å². The Bertz CT molecular complexity index is 2060. The van der Waals surface area contributed by atoms with Crippen LogP contribution in [0.25, 0.3) is 33.4 Å². The summed E-state index contributed by atoms with van der Waals surface area (Å²) in [6, 6.07) is 57.1. The molecule has 0 atom stereocenters. The molecule has 0 spiro atoms. The molecule has 1 aromatic heterocycles. The molecule has 0 N–H and O–H groups in total. The molecule has 7 aromatic rings. The molecule has 0 amide bonds. The third kappa shape index (κ3) is 4.34. The molecule has 6 heteroatoms. The van der Waals surface area contributed by atoms with E-state index in [1.807, 2.05) is 53.3 Å². The SMILES string of the molecule is C[Si]12c3cccc(-c4ccccc4)c3O[B-]([n+]3ccccc3)(Oc3c(-c4ccccc4)cccc31)Oc1c(-c3ccccc3)cccc12. The summed E-state index contributed by atoms with van der Waals surface area (Å²) in [5, 5.41) is 3.53. The zero-order chi connectivity index (χ0) is 32.1. The number of rotatable bonds is 4. The van der Waals surface area contributed by atoms with Crippen molar-refractivity contribution >= 4 is 30.5 Å². The fraction of sp³-hybridized carbons (Fsp3) is 0.0238. The lowest BCUT2D eigenvalue weighted by atomic mass is 9.91. The predicted molar refractivity (Wildman–Crippen MR) is 196 cm³/mol. The molecule has 0 aliphatic carbocycles. The highest BCUT2D eigenvalue weighted by Crippen LogP contribution is 2.42. The highest BCUT2D eigenvalue weighted by atomic mass is 28.3.